The Morgan fingerprint density at radius 1 is 0.833 bits per heavy atom. The van der Waals surface area contributed by atoms with E-state index in [1.165, 1.54) is 0 Å². The molecule has 0 heterocycles. The van der Waals surface area contributed by atoms with Gasteiger partial charge in [0.1, 0.15) is 17.2 Å². The molecule has 0 unspecified atom stereocenters. The normalized spacial score (nSPS) is 8.50. The third kappa shape index (κ3) is 4.40. The van der Waals surface area contributed by atoms with Crippen molar-refractivity contribution < 1.29 is 20.1 Å². The van der Waals surface area contributed by atoms with E-state index in [1.807, 2.05) is 0 Å². The zero-order valence-corrected chi connectivity index (χ0v) is 6.98. The minimum absolute atomic E-state index is 0.146. The van der Waals surface area contributed by atoms with Crippen LogP contribution < -0.4 is 0 Å². The maximum Gasteiger partial charge on any atom is 0.122 e. The first-order valence-electron chi connectivity index (χ1n) is 3.22. The second-order valence-electron chi connectivity index (χ2n) is 2.12. The van der Waals surface area contributed by atoms with Gasteiger partial charge < -0.3 is 20.1 Å². The van der Waals surface area contributed by atoms with Crippen molar-refractivity contribution in [2.45, 2.75) is 0 Å². The fourth-order valence-corrected chi connectivity index (χ4v) is 0.580. The van der Waals surface area contributed by atoms with Crippen LogP contribution in [0.4, 0.5) is 0 Å². The summed E-state index contributed by atoms with van der Waals surface area (Å²) in [6.07, 6.45) is 0. The molecule has 0 fully saturated rings. The van der Waals surface area contributed by atoms with Crippen molar-refractivity contribution in [3.05, 3.63) is 18.2 Å². The summed E-state index contributed by atoms with van der Waals surface area (Å²) < 4.78 is 4.25. The molecule has 4 nitrogen and oxygen atoms in total. The summed E-state index contributed by atoms with van der Waals surface area (Å²) in [5.74, 6) is -0.437. The molecule has 68 valence electrons. The topological polar surface area (TPSA) is 69.9 Å². The molecule has 0 saturated carbocycles. The summed E-state index contributed by atoms with van der Waals surface area (Å²) >= 11 is 0. The lowest BCUT2D eigenvalue weighted by molar-refractivity contribution is 0.277. The molecule has 0 aliphatic rings. The molecule has 0 bridgehead atoms. The number of ether oxygens (including phenoxy) is 1. The molecule has 3 N–H and O–H groups in total. The quantitative estimate of drug-likeness (QED) is 0.547. The molecule has 0 spiro atoms. The molecule has 0 aliphatic heterocycles. The van der Waals surface area contributed by atoms with Crippen LogP contribution in [0.3, 0.4) is 0 Å². The van der Waals surface area contributed by atoms with Crippen LogP contribution in [-0.2, 0) is 4.74 Å². The van der Waals surface area contributed by atoms with Gasteiger partial charge in [-0.25, -0.2) is 0 Å². The number of phenols is 3. The molecule has 1 rings (SSSR count). The molecule has 1 aromatic rings. The molecular weight excluding hydrogens is 160 g/mol. The maximum atomic E-state index is 8.67. The molecule has 0 saturated heterocycles. The average molecular weight is 172 g/mol. The largest absolute Gasteiger partial charge is 0.508 e. The SMILES string of the molecule is COC.Oc1cc(O)cc(O)c1. The van der Waals surface area contributed by atoms with Gasteiger partial charge >= 0.3 is 0 Å². The summed E-state index contributed by atoms with van der Waals surface area (Å²) in [6, 6.07) is 3.42. The molecule has 0 atom stereocenters. The first-order chi connectivity index (χ1) is 5.60. The number of hydrogen-bond acceptors (Lipinski definition) is 4. The van der Waals surface area contributed by atoms with E-state index in [1.54, 1.807) is 14.2 Å². The highest BCUT2D eigenvalue weighted by molar-refractivity contribution is 5.39. The zero-order valence-electron chi connectivity index (χ0n) is 6.98. The highest BCUT2D eigenvalue weighted by atomic mass is 16.4. The van der Waals surface area contributed by atoms with E-state index in [0.717, 1.165) is 18.2 Å². The van der Waals surface area contributed by atoms with Gasteiger partial charge in [-0.05, 0) is 0 Å². The molecule has 12 heavy (non-hydrogen) atoms. The Morgan fingerprint density at radius 2 is 1.00 bits per heavy atom. The number of benzene rings is 1. The van der Waals surface area contributed by atoms with Crippen molar-refractivity contribution in [2.24, 2.45) is 0 Å². The van der Waals surface area contributed by atoms with Gasteiger partial charge in [0.05, 0.1) is 0 Å². The van der Waals surface area contributed by atoms with E-state index < -0.39 is 0 Å². The average Bonchev–Trinajstić information content (AvgIpc) is 1.84. The molecule has 0 amide bonds. The van der Waals surface area contributed by atoms with E-state index in [0.29, 0.717) is 0 Å². The highest BCUT2D eigenvalue weighted by Gasteiger charge is 1.94. The summed E-state index contributed by atoms with van der Waals surface area (Å²) in [6.45, 7) is 0. The lowest BCUT2D eigenvalue weighted by atomic mass is 10.3. The van der Waals surface area contributed by atoms with Crippen LogP contribution in [-0.4, -0.2) is 29.5 Å². The lowest BCUT2D eigenvalue weighted by Gasteiger charge is -1.94. The van der Waals surface area contributed by atoms with Crippen LogP contribution in [0.25, 0.3) is 0 Å². The fourth-order valence-electron chi connectivity index (χ4n) is 0.580. The summed E-state index contributed by atoms with van der Waals surface area (Å²) in [5, 5.41) is 26.0. The first-order valence-corrected chi connectivity index (χ1v) is 3.22. The predicted octanol–water partition coefficient (Wildman–Crippen LogP) is 1.07. The molecule has 0 aliphatic carbocycles. The smallest absolute Gasteiger partial charge is 0.122 e. The Labute approximate surface area is 70.7 Å². The van der Waals surface area contributed by atoms with Crippen LogP contribution >= 0.6 is 0 Å². The Balaban J connectivity index is 0.000000354. The fraction of sp³-hybridized carbons (Fsp3) is 0.250. The van der Waals surface area contributed by atoms with Gasteiger partial charge in [-0.1, -0.05) is 0 Å². The number of hydrogen-bond donors (Lipinski definition) is 3. The van der Waals surface area contributed by atoms with Crippen molar-refractivity contribution in [1.82, 2.24) is 0 Å². The third-order valence-corrected chi connectivity index (χ3v) is 0.887. The monoisotopic (exact) mass is 172 g/mol. The van der Waals surface area contributed by atoms with Gasteiger partial charge in [0.2, 0.25) is 0 Å². The van der Waals surface area contributed by atoms with Crippen molar-refractivity contribution in [2.75, 3.05) is 14.2 Å². The molecule has 4 heteroatoms. The van der Waals surface area contributed by atoms with E-state index in [4.69, 9.17) is 15.3 Å². The summed E-state index contributed by atoms with van der Waals surface area (Å²) in [4.78, 5) is 0. The Bertz CT molecular complexity index is 184. The van der Waals surface area contributed by atoms with Crippen molar-refractivity contribution >= 4 is 0 Å². The van der Waals surface area contributed by atoms with Gasteiger partial charge in [0, 0.05) is 32.4 Å². The summed E-state index contributed by atoms with van der Waals surface area (Å²) in [7, 11) is 3.25. The van der Waals surface area contributed by atoms with E-state index in [-0.39, 0.29) is 17.2 Å². The maximum absolute atomic E-state index is 8.67. The standard InChI is InChI=1S/C6H6O3.C2H6O/c7-4-1-5(8)3-6(9)2-4;1-3-2/h1-3,7-9H;1-2H3. The van der Waals surface area contributed by atoms with Gasteiger partial charge in [0.15, 0.2) is 0 Å². The van der Waals surface area contributed by atoms with Crippen LogP contribution in [0.1, 0.15) is 0 Å². The second-order valence-corrected chi connectivity index (χ2v) is 2.12. The minimum atomic E-state index is -0.146. The Kier molecular flexibility index (Phi) is 4.64. The van der Waals surface area contributed by atoms with Gasteiger partial charge in [-0.15, -0.1) is 0 Å². The van der Waals surface area contributed by atoms with Crippen LogP contribution in [0.5, 0.6) is 17.2 Å². The number of rotatable bonds is 0. The molecule has 1 aromatic carbocycles. The Hall–Kier alpha value is -1.42. The predicted molar refractivity (Wildman–Crippen MR) is 44.4 cm³/mol. The lowest BCUT2D eigenvalue weighted by Crippen LogP contribution is -1.66. The third-order valence-electron chi connectivity index (χ3n) is 0.887. The van der Waals surface area contributed by atoms with Crippen LogP contribution in [0, 0.1) is 0 Å². The zero-order chi connectivity index (χ0) is 9.56. The van der Waals surface area contributed by atoms with Crippen molar-refractivity contribution in [1.29, 1.82) is 0 Å². The van der Waals surface area contributed by atoms with Gasteiger partial charge in [0.25, 0.3) is 0 Å². The number of methoxy groups -OCH3 is 1. The number of aromatic hydroxyl groups is 3. The number of phenolic OH excluding ortho intramolecular Hbond substituents is 3. The van der Waals surface area contributed by atoms with E-state index in [9.17, 15) is 0 Å². The van der Waals surface area contributed by atoms with Gasteiger partial charge in [-0.3, -0.25) is 0 Å². The molecule has 0 radical (unpaired) electrons. The minimum Gasteiger partial charge on any atom is -0.508 e. The Morgan fingerprint density at radius 3 is 1.17 bits per heavy atom. The van der Waals surface area contributed by atoms with Gasteiger partial charge in [-0.2, -0.15) is 0 Å². The summed E-state index contributed by atoms with van der Waals surface area (Å²) in [5.41, 5.74) is 0. The van der Waals surface area contributed by atoms with E-state index in [2.05, 4.69) is 4.74 Å². The first kappa shape index (κ1) is 10.6. The molecule has 0 aromatic heterocycles. The van der Waals surface area contributed by atoms with Crippen molar-refractivity contribution in [3.63, 3.8) is 0 Å². The van der Waals surface area contributed by atoms with Crippen LogP contribution in [0.2, 0.25) is 0 Å². The molecular formula is C8H12O4. The van der Waals surface area contributed by atoms with Crippen molar-refractivity contribution in [3.8, 4) is 17.2 Å². The highest BCUT2D eigenvalue weighted by Crippen LogP contribution is 2.23. The van der Waals surface area contributed by atoms with E-state index >= 15 is 0 Å². The second kappa shape index (κ2) is 5.26. The van der Waals surface area contributed by atoms with Crippen LogP contribution in [0.15, 0.2) is 18.2 Å².